The van der Waals surface area contributed by atoms with E-state index in [1.54, 1.807) is 24.3 Å². The van der Waals surface area contributed by atoms with Crippen molar-refractivity contribution in [3.63, 3.8) is 0 Å². The molecule has 0 aromatic heterocycles. The highest BCUT2D eigenvalue weighted by atomic mass is 16.5. The van der Waals surface area contributed by atoms with E-state index in [2.05, 4.69) is 15.9 Å². The number of carbonyl (C=O) groups excluding carboxylic acids is 1. The van der Waals surface area contributed by atoms with Gasteiger partial charge in [-0.15, -0.1) is 0 Å². The van der Waals surface area contributed by atoms with E-state index in [1.807, 2.05) is 32.0 Å². The lowest BCUT2D eigenvalue weighted by atomic mass is 9.94. The summed E-state index contributed by atoms with van der Waals surface area (Å²) in [6.45, 7) is 7.42. The van der Waals surface area contributed by atoms with E-state index in [0.717, 1.165) is 29.8 Å². The third-order valence-corrected chi connectivity index (χ3v) is 5.76. The van der Waals surface area contributed by atoms with Gasteiger partial charge in [0.05, 0.1) is 5.56 Å². The smallest absolute Gasteiger partial charge is 0.239 e. The first-order valence-electron chi connectivity index (χ1n) is 10.5. The minimum absolute atomic E-state index is 0.116. The van der Waals surface area contributed by atoms with Gasteiger partial charge in [0.1, 0.15) is 30.6 Å². The van der Waals surface area contributed by atoms with Crippen LogP contribution in [0.5, 0.6) is 5.75 Å². The summed E-state index contributed by atoms with van der Waals surface area (Å²) in [5.74, 6) is 0.141. The molecule has 1 aliphatic rings. The molecule has 2 atom stereocenters. The molecule has 2 aromatic rings. The molecule has 0 aliphatic carbocycles. The molecule has 7 nitrogen and oxygen atoms in total. The average molecular weight is 423 g/mol. The minimum Gasteiger partial charge on any atom is -0.489 e. The molecule has 1 fully saturated rings. The number of benzene rings is 2. The molecule has 31 heavy (non-hydrogen) atoms. The molecule has 1 amide bonds. The van der Waals surface area contributed by atoms with Crippen LogP contribution in [-0.4, -0.2) is 66.2 Å². The molecule has 0 bridgehead atoms. The van der Waals surface area contributed by atoms with Gasteiger partial charge in [-0.05, 0) is 42.7 Å². The molecule has 164 valence electrons. The van der Waals surface area contributed by atoms with Crippen molar-refractivity contribution in [3.8, 4) is 11.8 Å². The lowest BCUT2D eigenvalue weighted by Crippen LogP contribution is -2.52. The zero-order valence-electron chi connectivity index (χ0n) is 18.1. The summed E-state index contributed by atoms with van der Waals surface area (Å²) in [5.41, 5.74) is 9.37. The van der Waals surface area contributed by atoms with Crippen molar-refractivity contribution < 1.29 is 14.6 Å². The van der Waals surface area contributed by atoms with Crippen LogP contribution in [0, 0.1) is 25.2 Å². The number of para-hydroxylation sites is 1. The number of ether oxygens (including phenoxy) is 1. The van der Waals surface area contributed by atoms with Gasteiger partial charge < -0.3 is 15.6 Å². The van der Waals surface area contributed by atoms with Gasteiger partial charge in [0, 0.05) is 32.7 Å². The molecule has 0 saturated carbocycles. The number of rotatable bonds is 8. The lowest BCUT2D eigenvalue weighted by Gasteiger charge is -2.39. The topological polar surface area (TPSA) is 103 Å². The number of piperazine rings is 1. The second-order valence-corrected chi connectivity index (χ2v) is 8.02. The van der Waals surface area contributed by atoms with Crippen molar-refractivity contribution in [2.75, 3.05) is 39.3 Å². The number of carbonyl (C=O) groups is 1. The maximum absolute atomic E-state index is 12.3. The SMILES string of the molecule is Cc1cccc(C)c1C(C(N)=O)N1CCN(CC(O)COc2ccccc2C#N)CC1. The molecule has 2 aromatic carbocycles. The van der Waals surface area contributed by atoms with E-state index in [4.69, 9.17) is 15.7 Å². The number of amides is 1. The van der Waals surface area contributed by atoms with E-state index in [9.17, 15) is 9.90 Å². The molecule has 1 aliphatic heterocycles. The lowest BCUT2D eigenvalue weighted by molar-refractivity contribution is -0.124. The molecule has 0 radical (unpaired) electrons. The summed E-state index contributed by atoms with van der Waals surface area (Å²) in [4.78, 5) is 16.6. The standard InChI is InChI=1S/C24H30N4O3/c1-17-6-5-7-18(2)22(17)23(24(26)30)28-12-10-27(11-13-28)15-20(29)16-31-21-9-4-3-8-19(21)14-25/h3-9,20,23,29H,10-13,15-16H2,1-2H3,(H2,26,30). The predicted octanol–water partition coefficient (Wildman–Crippen LogP) is 1.76. The minimum atomic E-state index is -0.677. The Labute approximate surface area is 183 Å². The van der Waals surface area contributed by atoms with Crippen LogP contribution >= 0.6 is 0 Å². The first-order chi connectivity index (χ1) is 14.9. The Hall–Kier alpha value is -2.92. The van der Waals surface area contributed by atoms with Crippen LogP contribution in [0.3, 0.4) is 0 Å². The van der Waals surface area contributed by atoms with Crippen LogP contribution in [0.1, 0.15) is 28.3 Å². The molecule has 3 N–H and O–H groups in total. The van der Waals surface area contributed by atoms with Gasteiger partial charge in [0.25, 0.3) is 0 Å². The summed E-state index contributed by atoms with van der Waals surface area (Å²) >= 11 is 0. The van der Waals surface area contributed by atoms with Gasteiger partial charge in [0.2, 0.25) is 5.91 Å². The first kappa shape index (κ1) is 22.8. The van der Waals surface area contributed by atoms with Crippen LogP contribution in [0.15, 0.2) is 42.5 Å². The number of aliphatic hydroxyl groups excluding tert-OH is 1. The highest BCUT2D eigenvalue weighted by Crippen LogP contribution is 2.28. The first-order valence-corrected chi connectivity index (χ1v) is 10.5. The maximum atomic E-state index is 12.3. The number of primary amides is 1. The number of nitriles is 1. The number of aryl methyl sites for hydroxylation is 2. The Morgan fingerprint density at radius 2 is 1.77 bits per heavy atom. The van der Waals surface area contributed by atoms with Gasteiger partial charge >= 0.3 is 0 Å². The summed E-state index contributed by atoms with van der Waals surface area (Å²) in [6, 6.07) is 14.6. The van der Waals surface area contributed by atoms with E-state index >= 15 is 0 Å². The maximum Gasteiger partial charge on any atom is 0.239 e. The van der Waals surface area contributed by atoms with Crippen molar-refractivity contribution >= 4 is 5.91 Å². The fraction of sp³-hybridized carbons (Fsp3) is 0.417. The normalized spacial score (nSPS) is 17.0. The van der Waals surface area contributed by atoms with Crippen molar-refractivity contribution in [1.29, 1.82) is 5.26 Å². The molecule has 7 heteroatoms. The number of hydrogen-bond acceptors (Lipinski definition) is 6. The number of nitrogens with two attached hydrogens (primary N) is 1. The van der Waals surface area contributed by atoms with E-state index in [0.29, 0.717) is 30.9 Å². The van der Waals surface area contributed by atoms with Crippen LogP contribution in [0.25, 0.3) is 0 Å². The molecule has 3 rings (SSSR count). The van der Waals surface area contributed by atoms with Crippen molar-refractivity contribution in [1.82, 2.24) is 9.80 Å². The van der Waals surface area contributed by atoms with Gasteiger partial charge in [-0.1, -0.05) is 30.3 Å². The van der Waals surface area contributed by atoms with Crippen LogP contribution in [0.4, 0.5) is 0 Å². The third kappa shape index (κ3) is 5.61. The zero-order valence-corrected chi connectivity index (χ0v) is 18.1. The van der Waals surface area contributed by atoms with Crippen LogP contribution in [-0.2, 0) is 4.79 Å². The molecule has 1 heterocycles. The Bertz CT molecular complexity index is 928. The van der Waals surface area contributed by atoms with E-state index < -0.39 is 12.1 Å². The number of hydrogen-bond donors (Lipinski definition) is 2. The average Bonchev–Trinajstić information content (AvgIpc) is 2.75. The monoisotopic (exact) mass is 422 g/mol. The van der Waals surface area contributed by atoms with Crippen LogP contribution < -0.4 is 10.5 Å². The summed E-state index contributed by atoms with van der Waals surface area (Å²) in [5, 5.41) is 19.5. The van der Waals surface area contributed by atoms with Crippen LogP contribution in [0.2, 0.25) is 0 Å². The summed E-state index contributed by atoms with van der Waals surface area (Å²) < 4.78 is 5.64. The number of nitrogens with zero attached hydrogens (tertiary/aromatic N) is 3. The van der Waals surface area contributed by atoms with Gasteiger partial charge in [-0.3, -0.25) is 14.6 Å². The highest BCUT2D eigenvalue weighted by molar-refractivity contribution is 5.82. The fourth-order valence-electron chi connectivity index (χ4n) is 4.19. The largest absolute Gasteiger partial charge is 0.489 e. The Balaban J connectivity index is 1.55. The van der Waals surface area contributed by atoms with Crippen molar-refractivity contribution in [2.45, 2.75) is 26.0 Å². The Morgan fingerprint density at radius 3 is 2.39 bits per heavy atom. The molecular formula is C24H30N4O3. The van der Waals surface area contributed by atoms with Gasteiger partial charge in [-0.25, -0.2) is 0 Å². The fourth-order valence-corrected chi connectivity index (χ4v) is 4.19. The van der Waals surface area contributed by atoms with Crippen molar-refractivity contribution in [3.05, 3.63) is 64.7 Å². The van der Waals surface area contributed by atoms with Gasteiger partial charge in [-0.2, -0.15) is 5.26 Å². The number of aliphatic hydroxyl groups is 1. The predicted molar refractivity (Wildman–Crippen MR) is 119 cm³/mol. The quantitative estimate of drug-likeness (QED) is 0.672. The van der Waals surface area contributed by atoms with E-state index in [1.165, 1.54) is 0 Å². The number of β-amino-alcohol motifs (C(OH)–C–C–N with tert-alkyl or cyclic N) is 1. The molecular weight excluding hydrogens is 392 g/mol. The van der Waals surface area contributed by atoms with Gasteiger partial charge in [0.15, 0.2) is 0 Å². The van der Waals surface area contributed by atoms with E-state index in [-0.39, 0.29) is 12.5 Å². The molecule has 2 unspecified atom stereocenters. The molecule has 0 spiro atoms. The Kier molecular flexibility index (Phi) is 7.64. The highest BCUT2D eigenvalue weighted by Gasteiger charge is 2.31. The Morgan fingerprint density at radius 1 is 1.13 bits per heavy atom. The zero-order chi connectivity index (χ0) is 22.4. The third-order valence-electron chi connectivity index (χ3n) is 5.76. The summed E-state index contributed by atoms with van der Waals surface area (Å²) in [6.07, 6.45) is -0.677. The van der Waals surface area contributed by atoms with Crippen molar-refractivity contribution in [2.24, 2.45) is 5.73 Å². The molecule has 1 saturated heterocycles. The second kappa shape index (κ2) is 10.4. The summed E-state index contributed by atoms with van der Waals surface area (Å²) in [7, 11) is 0. The second-order valence-electron chi connectivity index (χ2n) is 8.02.